The number of likely N-dealkylation sites (N-methyl/N-ethyl adjacent to an activating group) is 1. The van der Waals surface area contributed by atoms with E-state index in [4.69, 9.17) is 14.2 Å². The predicted molar refractivity (Wildman–Crippen MR) is 148 cm³/mol. The zero-order chi connectivity index (χ0) is 27.8. The number of amides is 2. The Morgan fingerprint density at radius 3 is 2.46 bits per heavy atom. The zero-order valence-electron chi connectivity index (χ0n) is 23.1. The molecule has 2 aliphatic heterocycles. The van der Waals surface area contributed by atoms with Gasteiger partial charge >= 0.3 is 11.9 Å². The Balaban J connectivity index is 1.24. The molecule has 9 heteroatoms. The fraction of sp³-hybridized carbons (Fsp3) is 0.500. The third-order valence-corrected chi connectivity index (χ3v) is 7.15. The molecule has 2 aromatic carbocycles. The number of piperidine rings is 1. The van der Waals surface area contributed by atoms with E-state index in [2.05, 4.69) is 10.2 Å². The first-order chi connectivity index (χ1) is 18.8. The van der Waals surface area contributed by atoms with Crippen LogP contribution in [-0.2, 0) is 32.1 Å². The van der Waals surface area contributed by atoms with E-state index in [1.807, 2.05) is 42.5 Å². The number of carbonyl (C=O) groups excluding carboxylic acids is 3. The van der Waals surface area contributed by atoms with Gasteiger partial charge in [-0.25, -0.2) is 4.79 Å². The van der Waals surface area contributed by atoms with Gasteiger partial charge in [0.1, 0.15) is 18.1 Å². The van der Waals surface area contributed by atoms with E-state index in [-0.39, 0.29) is 18.1 Å². The van der Waals surface area contributed by atoms with Crippen LogP contribution in [0.15, 0.2) is 42.5 Å². The van der Waals surface area contributed by atoms with Crippen LogP contribution in [0.4, 0.5) is 5.69 Å². The van der Waals surface area contributed by atoms with E-state index in [0.29, 0.717) is 37.5 Å². The first kappa shape index (κ1) is 28.4. The van der Waals surface area contributed by atoms with Gasteiger partial charge in [0.25, 0.3) is 0 Å². The molecule has 1 saturated heterocycles. The van der Waals surface area contributed by atoms with E-state index < -0.39 is 11.9 Å². The number of carbonyl (C=O) groups is 3. The lowest BCUT2D eigenvalue weighted by Gasteiger charge is -2.36. The van der Waals surface area contributed by atoms with Gasteiger partial charge < -0.3 is 29.3 Å². The van der Waals surface area contributed by atoms with Crippen LogP contribution in [0.25, 0.3) is 0 Å². The predicted octanol–water partition coefficient (Wildman–Crippen LogP) is 3.79. The minimum Gasteiger partial charge on any atom is -0.493 e. The maximum Gasteiger partial charge on any atom is 0.397 e. The number of rotatable bonds is 10. The van der Waals surface area contributed by atoms with Gasteiger partial charge in [-0.3, -0.25) is 9.59 Å². The Bertz CT molecular complexity index is 1140. The Morgan fingerprint density at radius 1 is 1.03 bits per heavy atom. The smallest absolute Gasteiger partial charge is 0.397 e. The first-order valence-electron chi connectivity index (χ1n) is 13.8. The molecule has 2 aliphatic rings. The molecule has 0 aliphatic carbocycles. The van der Waals surface area contributed by atoms with Crippen LogP contribution >= 0.6 is 0 Å². The third kappa shape index (κ3) is 7.72. The molecule has 39 heavy (non-hydrogen) atoms. The first-order valence-corrected chi connectivity index (χ1v) is 13.8. The number of hydrogen-bond donors (Lipinski definition) is 1. The lowest BCUT2D eigenvalue weighted by Crippen LogP contribution is -2.48. The largest absolute Gasteiger partial charge is 0.493 e. The van der Waals surface area contributed by atoms with Crippen LogP contribution in [0, 0.1) is 0 Å². The van der Waals surface area contributed by atoms with Gasteiger partial charge in [-0.1, -0.05) is 30.3 Å². The average molecular weight is 538 g/mol. The van der Waals surface area contributed by atoms with E-state index in [9.17, 15) is 14.4 Å². The number of benzene rings is 2. The van der Waals surface area contributed by atoms with Gasteiger partial charge in [-0.05, 0) is 57.2 Å². The SMILES string of the molecule is CC(C)OC(=O)C(=O)N(C)C1CCN(CCCOc2ccc(OCc3ccccc3)c3c2CCC(=O)N3)CC1. The molecule has 0 atom stereocenters. The van der Waals surface area contributed by atoms with E-state index in [0.717, 1.165) is 55.8 Å². The van der Waals surface area contributed by atoms with Gasteiger partial charge in [-0.15, -0.1) is 0 Å². The van der Waals surface area contributed by atoms with Crippen molar-refractivity contribution >= 4 is 23.5 Å². The fourth-order valence-corrected chi connectivity index (χ4v) is 5.00. The summed E-state index contributed by atoms with van der Waals surface area (Å²) in [7, 11) is 1.68. The molecular weight excluding hydrogens is 498 g/mol. The molecule has 0 saturated carbocycles. The Kier molecular flexibility index (Phi) is 9.81. The Morgan fingerprint density at radius 2 is 1.74 bits per heavy atom. The van der Waals surface area contributed by atoms with Crippen LogP contribution in [0.3, 0.4) is 0 Å². The van der Waals surface area contributed by atoms with Crippen molar-refractivity contribution in [2.75, 3.05) is 38.6 Å². The number of anilines is 1. The molecule has 210 valence electrons. The molecular formula is C30H39N3O6. The summed E-state index contributed by atoms with van der Waals surface area (Å²) in [5, 5.41) is 2.98. The van der Waals surface area contributed by atoms with Crippen LogP contribution in [-0.4, -0.2) is 73.0 Å². The summed E-state index contributed by atoms with van der Waals surface area (Å²) in [5.41, 5.74) is 2.74. The molecule has 2 aromatic rings. The molecule has 4 rings (SSSR count). The summed E-state index contributed by atoms with van der Waals surface area (Å²) >= 11 is 0. The highest BCUT2D eigenvalue weighted by molar-refractivity contribution is 6.32. The molecule has 0 aromatic heterocycles. The molecule has 0 spiro atoms. The molecule has 0 bridgehead atoms. The summed E-state index contributed by atoms with van der Waals surface area (Å²) in [5.74, 6) is 0.0511. The highest BCUT2D eigenvalue weighted by Gasteiger charge is 2.30. The van der Waals surface area contributed by atoms with Gasteiger partial charge in [-0.2, -0.15) is 0 Å². The molecule has 0 unspecified atom stereocenters. The minimum absolute atomic E-state index is 0.0169. The zero-order valence-corrected chi connectivity index (χ0v) is 23.1. The average Bonchev–Trinajstić information content (AvgIpc) is 2.94. The van der Waals surface area contributed by atoms with Crippen molar-refractivity contribution in [3.63, 3.8) is 0 Å². The molecule has 2 heterocycles. The Hall–Kier alpha value is -3.59. The molecule has 0 radical (unpaired) electrons. The van der Waals surface area contributed by atoms with E-state index in [1.54, 1.807) is 20.9 Å². The highest BCUT2D eigenvalue weighted by Crippen LogP contribution is 2.39. The standard InChI is InChI=1S/C30H39N3O6/c1-21(2)39-30(36)29(35)32(3)23-14-17-33(18-15-23)16-7-19-37-25-11-12-26(28-24(25)10-13-27(34)31-28)38-20-22-8-5-4-6-9-22/h4-6,8-9,11-12,21,23H,7,10,13-20H2,1-3H3,(H,31,34). The maximum atomic E-state index is 12.3. The summed E-state index contributed by atoms with van der Waals surface area (Å²) in [6.07, 6.45) is 3.21. The topological polar surface area (TPSA) is 97.4 Å². The van der Waals surface area contributed by atoms with Crippen molar-refractivity contribution in [2.24, 2.45) is 0 Å². The van der Waals surface area contributed by atoms with Crippen molar-refractivity contribution in [3.05, 3.63) is 53.6 Å². The number of esters is 1. The summed E-state index contributed by atoms with van der Waals surface area (Å²) in [6.45, 7) is 7.05. The fourth-order valence-electron chi connectivity index (χ4n) is 5.00. The highest BCUT2D eigenvalue weighted by atomic mass is 16.5. The quantitative estimate of drug-likeness (QED) is 0.280. The number of nitrogens with zero attached hydrogens (tertiary/aromatic N) is 2. The number of hydrogen-bond acceptors (Lipinski definition) is 7. The van der Waals surface area contributed by atoms with Crippen molar-refractivity contribution in [2.45, 2.75) is 64.7 Å². The van der Waals surface area contributed by atoms with Crippen molar-refractivity contribution < 1.29 is 28.6 Å². The summed E-state index contributed by atoms with van der Waals surface area (Å²) < 4.78 is 17.2. The normalized spacial score (nSPS) is 15.8. The molecule has 1 fully saturated rings. The summed E-state index contributed by atoms with van der Waals surface area (Å²) in [4.78, 5) is 40.3. The van der Waals surface area contributed by atoms with Gasteiger partial charge in [0.05, 0.1) is 18.4 Å². The third-order valence-electron chi connectivity index (χ3n) is 7.15. The lowest BCUT2D eigenvalue weighted by atomic mass is 10.0. The van der Waals surface area contributed by atoms with E-state index >= 15 is 0 Å². The Labute approximate surface area is 230 Å². The number of likely N-dealkylation sites (tertiary alicyclic amines) is 1. The molecule has 1 N–H and O–H groups in total. The van der Waals surface area contributed by atoms with Crippen molar-refractivity contribution in [3.8, 4) is 11.5 Å². The maximum absolute atomic E-state index is 12.3. The molecule has 9 nitrogen and oxygen atoms in total. The molecule has 2 amide bonds. The van der Waals surface area contributed by atoms with Crippen LogP contribution in [0.2, 0.25) is 0 Å². The van der Waals surface area contributed by atoms with Crippen LogP contribution in [0.1, 0.15) is 50.7 Å². The van der Waals surface area contributed by atoms with E-state index in [1.165, 1.54) is 4.90 Å². The van der Waals surface area contributed by atoms with Crippen LogP contribution < -0.4 is 14.8 Å². The van der Waals surface area contributed by atoms with Crippen molar-refractivity contribution in [1.82, 2.24) is 9.80 Å². The summed E-state index contributed by atoms with van der Waals surface area (Å²) in [6, 6.07) is 13.8. The van der Waals surface area contributed by atoms with Gasteiger partial charge in [0.15, 0.2) is 0 Å². The van der Waals surface area contributed by atoms with Gasteiger partial charge in [0.2, 0.25) is 5.91 Å². The number of fused-ring (bicyclic) bond motifs is 1. The van der Waals surface area contributed by atoms with Gasteiger partial charge in [0, 0.05) is 44.7 Å². The van der Waals surface area contributed by atoms with Crippen LogP contribution in [0.5, 0.6) is 11.5 Å². The minimum atomic E-state index is -0.787. The second kappa shape index (κ2) is 13.5. The lowest BCUT2D eigenvalue weighted by molar-refractivity contribution is -0.163. The second-order valence-electron chi connectivity index (χ2n) is 10.4. The second-order valence-corrected chi connectivity index (χ2v) is 10.4. The number of nitrogens with one attached hydrogen (secondary N) is 1. The van der Waals surface area contributed by atoms with Crippen molar-refractivity contribution in [1.29, 1.82) is 0 Å². The number of ether oxygens (including phenoxy) is 3. The monoisotopic (exact) mass is 537 g/mol.